The summed E-state index contributed by atoms with van der Waals surface area (Å²) in [6.45, 7) is 2.64. The van der Waals surface area contributed by atoms with Crippen LogP contribution < -0.4 is 14.4 Å². The van der Waals surface area contributed by atoms with E-state index < -0.39 is 0 Å². The Balaban J connectivity index is 1.38. The number of anilines is 1. The number of ether oxygens (including phenoxy) is 2. The lowest BCUT2D eigenvalue weighted by molar-refractivity contribution is 0.0707. The molecular weight excluding hydrogens is 372 g/mol. The zero-order valence-corrected chi connectivity index (χ0v) is 16.4. The molecule has 8 nitrogen and oxygen atoms in total. The predicted molar refractivity (Wildman–Crippen MR) is 107 cm³/mol. The normalized spacial score (nSPS) is 14.0. The van der Waals surface area contributed by atoms with Crippen molar-refractivity contribution in [1.29, 1.82) is 0 Å². The molecule has 1 aliphatic rings. The van der Waals surface area contributed by atoms with E-state index in [0.29, 0.717) is 19.0 Å². The maximum absolute atomic E-state index is 12.7. The van der Waals surface area contributed by atoms with Crippen molar-refractivity contribution in [2.45, 2.75) is 0 Å². The molecule has 0 radical (unpaired) electrons. The van der Waals surface area contributed by atoms with E-state index in [-0.39, 0.29) is 11.8 Å². The number of benzene rings is 2. The van der Waals surface area contributed by atoms with Gasteiger partial charge in [0, 0.05) is 37.4 Å². The maximum Gasteiger partial charge on any atom is 0.311 e. The van der Waals surface area contributed by atoms with Crippen LogP contribution in [0.15, 0.2) is 52.9 Å². The molecule has 29 heavy (non-hydrogen) atoms. The third-order valence-corrected chi connectivity index (χ3v) is 4.95. The lowest BCUT2D eigenvalue weighted by Gasteiger charge is -2.35. The van der Waals surface area contributed by atoms with Crippen molar-refractivity contribution in [3.63, 3.8) is 0 Å². The number of hydrogen-bond acceptors (Lipinski definition) is 7. The van der Waals surface area contributed by atoms with Crippen LogP contribution in [0.2, 0.25) is 0 Å². The average Bonchev–Trinajstić information content (AvgIpc) is 3.29. The maximum atomic E-state index is 12.7. The van der Waals surface area contributed by atoms with Crippen molar-refractivity contribution in [2.75, 3.05) is 45.3 Å². The summed E-state index contributed by atoms with van der Waals surface area (Å²) in [5, 5.41) is 7.95. The Labute approximate surface area is 168 Å². The zero-order chi connectivity index (χ0) is 20.2. The van der Waals surface area contributed by atoms with E-state index >= 15 is 0 Å². The van der Waals surface area contributed by atoms with Crippen molar-refractivity contribution in [3.05, 3.63) is 54.4 Å². The van der Waals surface area contributed by atoms with Crippen LogP contribution in [0, 0.1) is 0 Å². The Morgan fingerprint density at radius 3 is 2.03 bits per heavy atom. The van der Waals surface area contributed by atoms with Crippen LogP contribution in [0.4, 0.5) is 5.69 Å². The number of carbonyl (C=O) groups is 1. The third kappa shape index (κ3) is 4.01. The second kappa shape index (κ2) is 8.22. The molecule has 1 fully saturated rings. The lowest BCUT2D eigenvalue weighted by Crippen LogP contribution is -2.48. The first-order chi connectivity index (χ1) is 14.2. The Bertz CT molecular complexity index is 961. The minimum atomic E-state index is -0.244. The molecular formula is C21H22N4O4. The molecule has 0 unspecified atom stereocenters. The summed E-state index contributed by atoms with van der Waals surface area (Å²) in [5.74, 6) is 1.64. The van der Waals surface area contributed by atoms with E-state index in [2.05, 4.69) is 15.1 Å². The van der Waals surface area contributed by atoms with Gasteiger partial charge in [-0.1, -0.05) is 0 Å². The molecule has 3 aromatic rings. The number of methoxy groups -OCH3 is 2. The SMILES string of the molecule is COc1ccc(-c2nnc(C(=O)N3CCN(c4ccc(OC)cc4)CC3)o2)cc1. The molecule has 150 valence electrons. The molecule has 0 aliphatic carbocycles. The summed E-state index contributed by atoms with van der Waals surface area (Å²) in [5.41, 5.74) is 1.85. The van der Waals surface area contributed by atoms with Gasteiger partial charge >= 0.3 is 11.8 Å². The first kappa shape index (κ1) is 18.8. The van der Waals surface area contributed by atoms with Crippen LogP contribution in [0.5, 0.6) is 11.5 Å². The minimum Gasteiger partial charge on any atom is -0.497 e. The number of nitrogens with zero attached hydrogens (tertiary/aromatic N) is 4. The fourth-order valence-corrected chi connectivity index (χ4v) is 3.26. The number of carbonyl (C=O) groups excluding carboxylic acids is 1. The Morgan fingerprint density at radius 2 is 1.45 bits per heavy atom. The van der Waals surface area contributed by atoms with E-state index in [9.17, 15) is 4.79 Å². The average molecular weight is 394 g/mol. The summed E-state index contributed by atoms with van der Waals surface area (Å²) >= 11 is 0. The molecule has 2 heterocycles. The van der Waals surface area contributed by atoms with Crippen LogP contribution >= 0.6 is 0 Å². The predicted octanol–water partition coefficient (Wildman–Crippen LogP) is 2.72. The van der Waals surface area contributed by atoms with Crippen molar-refractivity contribution in [1.82, 2.24) is 15.1 Å². The van der Waals surface area contributed by atoms with Gasteiger partial charge < -0.3 is 23.7 Å². The highest BCUT2D eigenvalue weighted by atomic mass is 16.5. The second-order valence-corrected chi connectivity index (χ2v) is 6.62. The molecule has 0 spiro atoms. The highest BCUT2D eigenvalue weighted by Gasteiger charge is 2.26. The minimum absolute atomic E-state index is 0.00807. The molecule has 0 saturated carbocycles. The first-order valence-electron chi connectivity index (χ1n) is 9.34. The molecule has 1 aliphatic heterocycles. The third-order valence-electron chi connectivity index (χ3n) is 4.95. The van der Waals surface area contributed by atoms with Crippen molar-refractivity contribution >= 4 is 11.6 Å². The summed E-state index contributed by atoms with van der Waals surface area (Å²) in [4.78, 5) is 16.7. The first-order valence-corrected chi connectivity index (χ1v) is 9.34. The van der Waals surface area contributed by atoms with E-state index in [1.165, 1.54) is 0 Å². The van der Waals surface area contributed by atoms with Gasteiger partial charge in [0.25, 0.3) is 0 Å². The van der Waals surface area contributed by atoms with E-state index in [4.69, 9.17) is 13.9 Å². The van der Waals surface area contributed by atoms with Crippen LogP contribution in [-0.2, 0) is 0 Å². The highest BCUT2D eigenvalue weighted by molar-refractivity contribution is 5.90. The van der Waals surface area contributed by atoms with Crippen LogP contribution in [0.3, 0.4) is 0 Å². The number of rotatable bonds is 5. The van der Waals surface area contributed by atoms with Crippen molar-refractivity contribution < 1.29 is 18.7 Å². The summed E-state index contributed by atoms with van der Waals surface area (Å²) in [6.07, 6.45) is 0. The number of aromatic nitrogens is 2. The van der Waals surface area contributed by atoms with Crippen LogP contribution in [-0.4, -0.2) is 61.4 Å². The molecule has 0 N–H and O–H groups in total. The van der Waals surface area contributed by atoms with Crippen LogP contribution in [0.1, 0.15) is 10.7 Å². The van der Waals surface area contributed by atoms with Gasteiger partial charge in [0.1, 0.15) is 11.5 Å². The van der Waals surface area contributed by atoms with Gasteiger partial charge in [0.05, 0.1) is 14.2 Å². The largest absolute Gasteiger partial charge is 0.497 e. The summed E-state index contributed by atoms with van der Waals surface area (Å²) in [6, 6.07) is 15.2. The highest BCUT2D eigenvalue weighted by Crippen LogP contribution is 2.23. The fraction of sp³-hybridized carbons (Fsp3) is 0.286. The summed E-state index contributed by atoms with van der Waals surface area (Å²) in [7, 11) is 3.25. The van der Waals surface area contributed by atoms with Gasteiger partial charge in [-0.25, -0.2) is 0 Å². The zero-order valence-electron chi connectivity index (χ0n) is 16.4. The topological polar surface area (TPSA) is 80.9 Å². The molecule has 0 atom stereocenters. The van der Waals surface area contributed by atoms with Crippen LogP contribution in [0.25, 0.3) is 11.5 Å². The lowest BCUT2D eigenvalue weighted by atomic mass is 10.2. The van der Waals surface area contributed by atoms with Gasteiger partial charge in [0.15, 0.2) is 0 Å². The molecule has 4 rings (SSSR count). The molecule has 8 heteroatoms. The number of hydrogen-bond donors (Lipinski definition) is 0. The quantitative estimate of drug-likeness (QED) is 0.658. The summed E-state index contributed by atoms with van der Waals surface area (Å²) < 4.78 is 16.0. The molecule has 1 aromatic heterocycles. The standard InChI is InChI=1S/C21H22N4O4/c1-27-17-7-3-15(4-8-17)19-22-23-20(29-19)21(26)25-13-11-24(12-14-25)16-5-9-18(28-2)10-6-16/h3-10H,11-14H2,1-2H3. The van der Waals surface area contributed by atoms with Gasteiger partial charge in [-0.2, -0.15) is 0 Å². The molecule has 2 aromatic carbocycles. The molecule has 1 amide bonds. The van der Waals surface area contributed by atoms with Gasteiger partial charge in [-0.15, -0.1) is 10.2 Å². The van der Waals surface area contributed by atoms with E-state index in [1.54, 1.807) is 31.3 Å². The number of amides is 1. The molecule has 1 saturated heterocycles. The van der Waals surface area contributed by atoms with Gasteiger partial charge in [0.2, 0.25) is 5.89 Å². The Hall–Kier alpha value is -3.55. The van der Waals surface area contributed by atoms with Crippen molar-refractivity contribution in [2.24, 2.45) is 0 Å². The number of piperazine rings is 1. The van der Waals surface area contributed by atoms with Gasteiger partial charge in [-0.05, 0) is 48.5 Å². The van der Waals surface area contributed by atoms with Crippen molar-refractivity contribution in [3.8, 4) is 23.0 Å². The monoisotopic (exact) mass is 394 g/mol. The molecule has 0 bridgehead atoms. The fourth-order valence-electron chi connectivity index (χ4n) is 3.26. The van der Waals surface area contributed by atoms with E-state index in [1.807, 2.05) is 36.4 Å². The Morgan fingerprint density at radius 1 is 0.862 bits per heavy atom. The van der Waals surface area contributed by atoms with Gasteiger partial charge in [-0.3, -0.25) is 4.79 Å². The second-order valence-electron chi connectivity index (χ2n) is 6.62. The smallest absolute Gasteiger partial charge is 0.311 e. The Kier molecular flexibility index (Phi) is 5.33. The van der Waals surface area contributed by atoms with E-state index in [0.717, 1.165) is 35.8 Å².